The highest BCUT2D eigenvalue weighted by Crippen LogP contribution is 2.23. The van der Waals surface area contributed by atoms with Crippen molar-refractivity contribution < 1.29 is 5.11 Å². The summed E-state index contributed by atoms with van der Waals surface area (Å²) in [5.74, 6) is 0. The number of aryl methyl sites for hydroxylation is 2. The van der Waals surface area contributed by atoms with Crippen molar-refractivity contribution >= 4 is 0 Å². The van der Waals surface area contributed by atoms with Crippen LogP contribution in [0.25, 0.3) is 0 Å². The summed E-state index contributed by atoms with van der Waals surface area (Å²) in [4.78, 5) is 0. The van der Waals surface area contributed by atoms with Crippen LogP contribution in [0.1, 0.15) is 61.8 Å². The summed E-state index contributed by atoms with van der Waals surface area (Å²) in [7, 11) is 0. The van der Waals surface area contributed by atoms with Gasteiger partial charge in [0.25, 0.3) is 0 Å². The van der Waals surface area contributed by atoms with Gasteiger partial charge < -0.3 is 5.11 Å². The minimum Gasteiger partial charge on any atom is -0.388 e. The predicted octanol–water partition coefficient (Wildman–Crippen LogP) is 4.31. The molecule has 0 saturated carbocycles. The molecule has 0 spiro atoms. The summed E-state index contributed by atoms with van der Waals surface area (Å²) in [5.41, 5.74) is 3.57. The van der Waals surface area contributed by atoms with E-state index >= 15 is 0 Å². The van der Waals surface area contributed by atoms with E-state index in [0.29, 0.717) is 0 Å². The predicted molar refractivity (Wildman–Crippen MR) is 69.6 cm³/mol. The van der Waals surface area contributed by atoms with Crippen LogP contribution in [0, 0.1) is 13.8 Å². The van der Waals surface area contributed by atoms with Crippen LogP contribution in [-0.4, -0.2) is 5.11 Å². The zero-order valence-electron chi connectivity index (χ0n) is 10.8. The molecule has 1 aromatic rings. The first-order valence-corrected chi connectivity index (χ1v) is 6.40. The van der Waals surface area contributed by atoms with Crippen molar-refractivity contribution in [3.63, 3.8) is 0 Å². The second-order valence-corrected chi connectivity index (χ2v) is 4.73. The Kier molecular flexibility index (Phi) is 5.54. The molecule has 1 rings (SSSR count). The van der Waals surface area contributed by atoms with Crippen LogP contribution in [0.4, 0.5) is 0 Å². The molecule has 0 saturated heterocycles. The second-order valence-electron chi connectivity index (χ2n) is 4.73. The Hall–Kier alpha value is -0.820. The van der Waals surface area contributed by atoms with E-state index in [1.807, 2.05) is 0 Å². The van der Waals surface area contributed by atoms with Crippen molar-refractivity contribution in [1.29, 1.82) is 0 Å². The zero-order valence-corrected chi connectivity index (χ0v) is 10.8. The van der Waals surface area contributed by atoms with Gasteiger partial charge in [-0.15, -0.1) is 0 Å². The Morgan fingerprint density at radius 1 is 1.12 bits per heavy atom. The number of hydrogen-bond donors (Lipinski definition) is 1. The van der Waals surface area contributed by atoms with E-state index in [4.69, 9.17) is 0 Å². The molecule has 1 atom stereocenters. The van der Waals surface area contributed by atoms with Gasteiger partial charge in [-0.3, -0.25) is 0 Å². The van der Waals surface area contributed by atoms with Crippen LogP contribution in [0.15, 0.2) is 18.2 Å². The first kappa shape index (κ1) is 13.2. The van der Waals surface area contributed by atoms with E-state index in [1.165, 1.54) is 30.4 Å². The van der Waals surface area contributed by atoms with Crippen LogP contribution in [-0.2, 0) is 0 Å². The van der Waals surface area contributed by atoms with Gasteiger partial charge in [-0.25, -0.2) is 0 Å². The van der Waals surface area contributed by atoms with E-state index in [-0.39, 0.29) is 6.10 Å². The van der Waals surface area contributed by atoms with Crippen molar-refractivity contribution in [2.24, 2.45) is 0 Å². The minimum absolute atomic E-state index is 0.280. The lowest BCUT2D eigenvalue weighted by Gasteiger charge is -2.14. The number of benzene rings is 1. The maximum atomic E-state index is 10.1. The lowest BCUT2D eigenvalue weighted by atomic mass is 9.97. The molecule has 0 aliphatic carbocycles. The van der Waals surface area contributed by atoms with Crippen molar-refractivity contribution in [2.75, 3.05) is 0 Å². The van der Waals surface area contributed by atoms with Crippen molar-refractivity contribution in [3.05, 3.63) is 34.9 Å². The van der Waals surface area contributed by atoms with E-state index in [9.17, 15) is 5.11 Å². The zero-order chi connectivity index (χ0) is 12.0. The summed E-state index contributed by atoms with van der Waals surface area (Å²) < 4.78 is 0. The molecular formula is C15H24O. The fourth-order valence-electron chi connectivity index (χ4n) is 2.12. The smallest absolute Gasteiger partial charge is 0.0792 e. The highest BCUT2D eigenvalue weighted by Gasteiger charge is 2.09. The molecule has 1 aromatic carbocycles. The Balaban J connectivity index is 2.49. The average Bonchev–Trinajstić information content (AvgIpc) is 2.24. The maximum absolute atomic E-state index is 10.1. The van der Waals surface area contributed by atoms with Crippen LogP contribution in [0.5, 0.6) is 0 Å². The van der Waals surface area contributed by atoms with Gasteiger partial charge in [0.1, 0.15) is 0 Å². The number of hydrogen-bond acceptors (Lipinski definition) is 1. The number of unbranched alkanes of at least 4 members (excludes halogenated alkanes) is 3. The molecule has 0 aliphatic rings. The largest absolute Gasteiger partial charge is 0.388 e. The molecule has 16 heavy (non-hydrogen) atoms. The van der Waals surface area contributed by atoms with Gasteiger partial charge in [0.05, 0.1) is 6.10 Å². The Morgan fingerprint density at radius 2 is 1.88 bits per heavy atom. The molecule has 1 N–H and O–H groups in total. The minimum atomic E-state index is -0.280. The third kappa shape index (κ3) is 3.97. The first-order valence-electron chi connectivity index (χ1n) is 6.40. The van der Waals surface area contributed by atoms with Crippen LogP contribution < -0.4 is 0 Å². The van der Waals surface area contributed by atoms with E-state index in [0.717, 1.165) is 18.4 Å². The van der Waals surface area contributed by atoms with Crippen LogP contribution in [0.2, 0.25) is 0 Å². The molecule has 0 aliphatic heterocycles. The standard InChI is InChI=1S/C15H24O/c1-4-5-6-7-8-15(16)14-10-9-12(2)11-13(14)3/h9-11,15-16H,4-8H2,1-3H3. The van der Waals surface area contributed by atoms with E-state index in [2.05, 4.69) is 39.0 Å². The van der Waals surface area contributed by atoms with Crippen LogP contribution in [0.3, 0.4) is 0 Å². The third-order valence-corrected chi connectivity index (χ3v) is 3.12. The maximum Gasteiger partial charge on any atom is 0.0792 e. The molecule has 0 heterocycles. The Bertz CT molecular complexity index is 317. The van der Waals surface area contributed by atoms with Gasteiger partial charge >= 0.3 is 0 Å². The van der Waals surface area contributed by atoms with Gasteiger partial charge in [-0.1, -0.05) is 56.4 Å². The Labute approximate surface area is 99.5 Å². The average molecular weight is 220 g/mol. The molecule has 1 heteroatoms. The summed E-state index contributed by atoms with van der Waals surface area (Å²) in [6, 6.07) is 6.29. The molecule has 0 fully saturated rings. The molecular weight excluding hydrogens is 196 g/mol. The van der Waals surface area contributed by atoms with Gasteiger partial charge in [-0.2, -0.15) is 0 Å². The van der Waals surface area contributed by atoms with Crippen molar-refractivity contribution in [2.45, 2.75) is 59.0 Å². The van der Waals surface area contributed by atoms with Gasteiger partial charge in [0, 0.05) is 0 Å². The Morgan fingerprint density at radius 3 is 2.50 bits per heavy atom. The molecule has 0 aromatic heterocycles. The lowest BCUT2D eigenvalue weighted by molar-refractivity contribution is 0.162. The summed E-state index contributed by atoms with van der Waals surface area (Å²) in [5, 5.41) is 10.1. The van der Waals surface area contributed by atoms with Gasteiger partial charge in [0.15, 0.2) is 0 Å². The number of rotatable bonds is 6. The van der Waals surface area contributed by atoms with Gasteiger partial charge in [0.2, 0.25) is 0 Å². The van der Waals surface area contributed by atoms with E-state index in [1.54, 1.807) is 0 Å². The first-order chi connectivity index (χ1) is 7.65. The monoisotopic (exact) mass is 220 g/mol. The second kappa shape index (κ2) is 6.70. The summed E-state index contributed by atoms with van der Waals surface area (Å²) in [6.45, 7) is 6.38. The van der Waals surface area contributed by atoms with Crippen LogP contribution >= 0.6 is 0 Å². The number of aliphatic hydroxyl groups is 1. The van der Waals surface area contributed by atoms with Crippen molar-refractivity contribution in [1.82, 2.24) is 0 Å². The van der Waals surface area contributed by atoms with Crippen molar-refractivity contribution in [3.8, 4) is 0 Å². The molecule has 0 amide bonds. The summed E-state index contributed by atoms with van der Waals surface area (Å²) in [6.07, 6.45) is 5.50. The SMILES string of the molecule is CCCCCCC(O)c1ccc(C)cc1C. The third-order valence-electron chi connectivity index (χ3n) is 3.12. The highest BCUT2D eigenvalue weighted by atomic mass is 16.3. The molecule has 0 bridgehead atoms. The molecule has 1 nitrogen and oxygen atoms in total. The fraction of sp³-hybridized carbons (Fsp3) is 0.600. The van der Waals surface area contributed by atoms with Gasteiger partial charge in [-0.05, 0) is 31.4 Å². The normalized spacial score (nSPS) is 12.8. The summed E-state index contributed by atoms with van der Waals surface area (Å²) >= 11 is 0. The lowest BCUT2D eigenvalue weighted by Crippen LogP contribution is -2.00. The quantitative estimate of drug-likeness (QED) is 0.708. The fourth-order valence-corrected chi connectivity index (χ4v) is 2.12. The van der Waals surface area contributed by atoms with E-state index < -0.39 is 0 Å². The molecule has 1 unspecified atom stereocenters. The highest BCUT2D eigenvalue weighted by molar-refractivity contribution is 5.31. The number of aliphatic hydroxyl groups excluding tert-OH is 1. The molecule has 90 valence electrons. The topological polar surface area (TPSA) is 20.2 Å². The molecule has 0 radical (unpaired) electrons.